The molecule has 0 aliphatic heterocycles. The molecule has 8 fully saturated rings. The van der Waals surface area contributed by atoms with Crippen molar-refractivity contribution >= 4 is 53.0 Å². The first kappa shape index (κ1) is 47.3. The van der Waals surface area contributed by atoms with Crippen molar-refractivity contribution in [1.29, 1.82) is 0 Å². The third kappa shape index (κ3) is 9.63. The summed E-state index contributed by atoms with van der Waals surface area (Å²) in [5.74, 6) is 5.42. The summed E-state index contributed by atoms with van der Waals surface area (Å²) in [6.07, 6.45) is 13.3. The zero-order valence-electron chi connectivity index (χ0n) is 38.7. The monoisotopic (exact) mass is 1020 g/mol. The molecule has 344 valence electrons. The van der Waals surface area contributed by atoms with E-state index in [1.54, 1.807) is 0 Å². The average Bonchev–Trinajstić information content (AvgIpc) is 3.29. The van der Waals surface area contributed by atoms with E-state index in [0.717, 1.165) is 53.1 Å². The van der Waals surface area contributed by atoms with E-state index in [1.807, 2.05) is 111 Å². The fraction of sp³-hybridized carbons (Fsp3) is 0.527. The molecule has 0 aromatic heterocycles. The first-order valence-corrected chi connectivity index (χ1v) is 32.4. The molecule has 0 saturated heterocycles. The average molecular weight is 1020 g/mol. The number of carbonyl (C=O) groups is 2. The molecule has 12 rings (SSSR count). The molecule has 6 nitrogen and oxygen atoms in total. The van der Waals surface area contributed by atoms with Gasteiger partial charge in [0, 0.05) is 0 Å². The van der Waals surface area contributed by atoms with Gasteiger partial charge in [0.05, 0.1) is 0 Å². The first-order valence-electron chi connectivity index (χ1n) is 24.2. The van der Waals surface area contributed by atoms with Gasteiger partial charge in [0.15, 0.2) is 0 Å². The van der Waals surface area contributed by atoms with Crippen molar-refractivity contribution in [2.75, 3.05) is 13.2 Å². The predicted molar refractivity (Wildman–Crippen MR) is 262 cm³/mol. The van der Waals surface area contributed by atoms with Crippen LogP contribution < -0.4 is 16.7 Å². The molecule has 64 heavy (non-hydrogen) atoms. The van der Waals surface area contributed by atoms with E-state index in [2.05, 4.69) is 27.7 Å². The van der Waals surface area contributed by atoms with Crippen molar-refractivity contribution in [3.05, 3.63) is 97.1 Å². The fourth-order valence-corrected chi connectivity index (χ4v) is 19.0. The summed E-state index contributed by atoms with van der Waals surface area (Å²) in [6, 6.07) is 31.6. The molecule has 0 N–H and O–H groups in total. The number of halogens is 2. The molecule has 8 saturated carbocycles. The third-order valence-electron chi connectivity index (χ3n) is 15.5. The standard InChI is InChI=1S/C50H54Cl2O6Te.C3H8.C2H6/c1-49(37-19-31-17-32(21-37)22-38(49)20-31)57-47(53)29-55-45-15-13-41(27-43(45)35-9-5-3-6-10-35)59(51,52)42-14-16-46(44(28-42)36-11-7-4-8-12-36)56-30-48(54)58-50(2)39-23-33-18-34(25-39)26-40(50)24-33;1-3-2;1-2/h3-16,27-28,31-34,37-40H,17-26,29-30H2,1-2H3;3H2,1-2H3;1-2H3. The predicted octanol–water partition coefficient (Wildman–Crippen LogP) is 12.8. The Kier molecular flexibility index (Phi) is 14.7. The van der Waals surface area contributed by atoms with Crippen LogP contribution in [0, 0.1) is 47.3 Å². The molecular formula is C55H68Cl2O6Te. The number of rotatable bonds is 12. The molecule has 0 amide bonds. The van der Waals surface area contributed by atoms with Gasteiger partial charge in [0.2, 0.25) is 0 Å². The van der Waals surface area contributed by atoms with Gasteiger partial charge in [-0.15, -0.1) is 0 Å². The van der Waals surface area contributed by atoms with Gasteiger partial charge in [-0.2, -0.15) is 0 Å². The third-order valence-corrected chi connectivity index (χ3v) is 25.2. The Labute approximate surface area is 393 Å². The number of hydrogen-bond acceptors (Lipinski definition) is 6. The van der Waals surface area contributed by atoms with E-state index in [-0.39, 0.29) is 25.2 Å². The topological polar surface area (TPSA) is 71.1 Å². The molecule has 0 unspecified atom stereocenters. The van der Waals surface area contributed by atoms with Crippen molar-refractivity contribution in [1.82, 2.24) is 0 Å². The van der Waals surface area contributed by atoms with Gasteiger partial charge in [-0.3, -0.25) is 0 Å². The van der Waals surface area contributed by atoms with Crippen LogP contribution in [0.25, 0.3) is 22.3 Å². The molecule has 8 aliphatic rings. The van der Waals surface area contributed by atoms with Crippen molar-refractivity contribution in [3.8, 4) is 33.8 Å². The van der Waals surface area contributed by atoms with Crippen LogP contribution in [0.15, 0.2) is 97.1 Å². The second kappa shape index (κ2) is 19.9. The van der Waals surface area contributed by atoms with Crippen molar-refractivity contribution in [2.24, 2.45) is 47.3 Å². The number of carbonyl (C=O) groups excluding carboxylic acids is 2. The van der Waals surface area contributed by atoms with Gasteiger partial charge in [-0.25, -0.2) is 0 Å². The maximum absolute atomic E-state index is 13.5. The maximum Gasteiger partial charge on any atom is -0.0590 e. The first-order chi connectivity index (χ1) is 30.9. The van der Waals surface area contributed by atoms with E-state index >= 15 is 0 Å². The van der Waals surface area contributed by atoms with Crippen molar-refractivity contribution < 1.29 is 28.5 Å². The molecule has 8 aliphatic carbocycles. The van der Waals surface area contributed by atoms with E-state index in [9.17, 15) is 9.59 Å². The summed E-state index contributed by atoms with van der Waals surface area (Å²) >= 11 is -4.08. The Bertz CT molecular complexity index is 2030. The summed E-state index contributed by atoms with van der Waals surface area (Å²) in [5.41, 5.74) is 2.65. The molecule has 0 spiro atoms. The van der Waals surface area contributed by atoms with Crippen LogP contribution in [0.1, 0.15) is 112 Å². The van der Waals surface area contributed by atoms with Crippen LogP contribution in [0.4, 0.5) is 0 Å². The van der Waals surface area contributed by atoms with E-state index in [1.165, 1.54) is 70.6 Å². The Hall–Kier alpha value is -3.21. The van der Waals surface area contributed by atoms with Crippen LogP contribution >= 0.6 is 17.9 Å². The van der Waals surface area contributed by atoms with E-state index in [0.29, 0.717) is 35.2 Å². The zero-order chi connectivity index (χ0) is 45.2. The second-order valence-electron chi connectivity index (χ2n) is 19.7. The maximum atomic E-state index is 13.5. The van der Waals surface area contributed by atoms with Crippen LogP contribution in [-0.4, -0.2) is 52.3 Å². The summed E-state index contributed by atoms with van der Waals surface area (Å²) in [5, 5.41) is 0. The number of hydrogen-bond donors (Lipinski definition) is 0. The summed E-state index contributed by atoms with van der Waals surface area (Å²) in [6.45, 7) is 12.2. The molecule has 9 heteroatoms. The largest absolute Gasteiger partial charge is 0.0656 e. The Balaban J connectivity index is 0.00000108. The van der Waals surface area contributed by atoms with Gasteiger partial charge in [-0.1, -0.05) is 34.1 Å². The summed E-state index contributed by atoms with van der Waals surface area (Å²) in [7, 11) is 15.1. The second-order valence-corrected chi connectivity index (χ2v) is 32.4. The minimum Gasteiger partial charge on any atom is -0.0656 e. The Morgan fingerprint density at radius 2 is 0.844 bits per heavy atom. The minimum atomic E-state index is -4.08. The van der Waals surface area contributed by atoms with Gasteiger partial charge in [0.25, 0.3) is 0 Å². The normalized spacial score (nSPS) is 30.6. The van der Waals surface area contributed by atoms with Crippen molar-refractivity contribution in [2.45, 2.75) is 123 Å². The molecule has 4 aromatic carbocycles. The van der Waals surface area contributed by atoms with Gasteiger partial charge < -0.3 is 0 Å². The minimum absolute atomic E-state index is 0.174. The van der Waals surface area contributed by atoms with Crippen molar-refractivity contribution in [3.63, 3.8) is 0 Å². The molecule has 0 heterocycles. The molecule has 8 bridgehead atoms. The number of ether oxygens (including phenoxy) is 4. The van der Waals surface area contributed by atoms with Gasteiger partial charge in [0.1, 0.15) is 0 Å². The van der Waals surface area contributed by atoms with Crippen LogP contribution in [0.2, 0.25) is 0 Å². The number of esters is 2. The number of benzene rings is 4. The Morgan fingerprint density at radius 1 is 0.531 bits per heavy atom. The Morgan fingerprint density at radius 3 is 1.16 bits per heavy atom. The van der Waals surface area contributed by atoms with Crippen LogP contribution in [0.3, 0.4) is 0 Å². The van der Waals surface area contributed by atoms with E-state index < -0.39 is 27.1 Å². The molecule has 0 radical (unpaired) electrons. The fourth-order valence-electron chi connectivity index (χ4n) is 12.8. The molecular weight excluding hydrogens is 955 g/mol. The molecule has 0 atom stereocenters. The molecule has 4 aromatic rings. The van der Waals surface area contributed by atoms with Crippen LogP contribution in [-0.2, 0) is 19.1 Å². The smallest absolute Gasteiger partial charge is 0.0590 e. The summed E-state index contributed by atoms with van der Waals surface area (Å²) < 4.78 is 26.9. The van der Waals surface area contributed by atoms with Gasteiger partial charge in [-0.05, 0) is 12.8 Å². The SMILES string of the molecule is CC.CC1(OC(=O)COc2ccc([Te](Cl)(Cl)c3ccc(OCC(=O)OC4(C)C5CC6CC(C5)CC4C6)c(-c4ccccc4)c3)cc2-c2ccccc2)C2CC3CC(C2)CC1C3.CCC. The van der Waals surface area contributed by atoms with E-state index in [4.69, 9.17) is 36.9 Å². The van der Waals surface area contributed by atoms with Gasteiger partial charge >= 0.3 is 349 Å². The summed E-state index contributed by atoms with van der Waals surface area (Å²) in [4.78, 5) is 26.9. The quantitative estimate of drug-likeness (QED) is 0.104. The zero-order valence-corrected chi connectivity index (χ0v) is 42.5. The van der Waals surface area contributed by atoms with Crippen LogP contribution in [0.5, 0.6) is 11.5 Å².